The minimum atomic E-state index is 0.381. The second-order valence-corrected chi connectivity index (χ2v) is 6.71. The second kappa shape index (κ2) is 5.04. The Labute approximate surface area is 111 Å². The van der Waals surface area contributed by atoms with Gasteiger partial charge in [0, 0.05) is 30.4 Å². The fourth-order valence-corrected chi connectivity index (χ4v) is 3.42. The van der Waals surface area contributed by atoms with Crippen LogP contribution in [0.5, 0.6) is 0 Å². The van der Waals surface area contributed by atoms with E-state index in [1.807, 2.05) is 12.5 Å². The van der Waals surface area contributed by atoms with Crippen molar-refractivity contribution in [2.45, 2.75) is 58.9 Å². The van der Waals surface area contributed by atoms with Crippen LogP contribution in [-0.4, -0.2) is 16.1 Å². The summed E-state index contributed by atoms with van der Waals surface area (Å²) in [7, 11) is 0. The third-order valence-electron chi connectivity index (χ3n) is 4.67. The van der Waals surface area contributed by atoms with E-state index in [0.29, 0.717) is 29.8 Å². The Kier molecular flexibility index (Phi) is 3.81. The van der Waals surface area contributed by atoms with Crippen molar-refractivity contribution in [3.8, 4) is 0 Å². The van der Waals surface area contributed by atoms with Gasteiger partial charge in [-0.3, -0.25) is 0 Å². The Morgan fingerprint density at radius 3 is 2.72 bits per heavy atom. The molecule has 18 heavy (non-hydrogen) atoms. The molecule has 3 heteroatoms. The number of nitrogens with two attached hydrogens (primary N) is 1. The van der Waals surface area contributed by atoms with Crippen molar-refractivity contribution < 1.29 is 0 Å². The zero-order valence-electron chi connectivity index (χ0n) is 12.2. The van der Waals surface area contributed by atoms with Crippen LogP contribution < -0.4 is 5.73 Å². The highest BCUT2D eigenvalue weighted by Gasteiger charge is 2.37. The second-order valence-electron chi connectivity index (χ2n) is 6.71. The van der Waals surface area contributed by atoms with Gasteiger partial charge in [0.1, 0.15) is 0 Å². The molecule has 0 amide bonds. The summed E-state index contributed by atoms with van der Waals surface area (Å²) in [5, 5.41) is 0. The standard InChI is InChI=1S/C15H27N3/c1-11(2)12(8-16)13-9-17-10-18(13)14-6-5-7-15(14,3)4/h9-12,14H,5-8,16H2,1-4H3. The Morgan fingerprint density at radius 2 is 2.22 bits per heavy atom. The van der Waals surface area contributed by atoms with E-state index in [9.17, 15) is 0 Å². The topological polar surface area (TPSA) is 43.8 Å². The lowest BCUT2D eigenvalue weighted by Crippen LogP contribution is -2.27. The van der Waals surface area contributed by atoms with Crippen LogP contribution in [0.4, 0.5) is 0 Å². The monoisotopic (exact) mass is 249 g/mol. The van der Waals surface area contributed by atoms with Crippen LogP contribution in [0.1, 0.15) is 64.6 Å². The molecule has 0 spiro atoms. The van der Waals surface area contributed by atoms with E-state index in [2.05, 4.69) is 37.2 Å². The van der Waals surface area contributed by atoms with Crippen LogP contribution >= 0.6 is 0 Å². The Bertz CT molecular complexity index is 392. The van der Waals surface area contributed by atoms with E-state index in [1.54, 1.807) is 0 Å². The van der Waals surface area contributed by atoms with E-state index in [4.69, 9.17) is 5.73 Å². The van der Waals surface area contributed by atoms with Crippen molar-refractivity contribution in [2.24, 2.45) is 17.1 Å². The Balaban J connectivity index is 2.33. The van der Waals surface area contributed by atoms with Gasteiger partial charge in [-0.25, -0.2) is 4.98 Å². The molecule has 1 fully saturated rings. The summed E-state index contributed by atoms with van der Waals surface area (Å²) in [6.07, 6.45) is 7.93. The third-order valence-corrected chi connectivity index (χ3v) is 4.67. The molecule has 2 unspecified atom stereocenters. The summed E-state index contributed by atoms with van der Waals surface area (Å²) in [6, 6.07) is 0.586. The molecule has 1 saturated carbocycles. The van der Waals surface area contributed by atoms with Gasteiger partial charge in [-0.05, 0) is 24.2 Å². The summed E-state index contributed by atoms with van der Waals surface area (Å²) in [5.74, 6) is 0.985. The van der Waals surface area contributed by atoms with Crippen molar-refractivity contribution >= 4 is 0 Å². The van der Waals surface area contributed by atoms with E-state index >= 15 is 0 Å². The molecule has 0 saturated heterocycles. The molecule has 0 aliphatic heterocycles. The molecule has 1 aromatic heterocycles. The Hall–Kier alpha value is -0.830. The molecule has 2 rings (SSSR count). The third kappa shape index (κ3) is 2.33. The number of imidazole rings is 1. The summed E-state index contributed by atoms with van der Waals surface area (Å²) < 4.78 is 2.41. The average Bonchev–Trinajstić information content (AvgIpc) is 2.85. The van der Waals surface area contributed by atoms with Gasteiger partial charge in [-0.15, -0.1) is 0 Å². The molecule has 3 nitrogen and oxygen atoms in total. The van der Waals surface area contributed by atoms with Crippen molar-refractivity contribution in [3.63, 3.8) is 0 Å². The first-order valence-electron chi connectivity index (χ1n) is 7.19. The van der Waals surface area contributed by atoms with Gasteiger partial charge in [0.15, 0.2) is 0 Å². The van der Waals surface area contributed by atoms with Gasteiger partial charge in [-0.1, -0.05) is 34.1 Å². The Morgan fingerprint density at radius 1 is 1.50 bits per heavy atom. The molecule has 2 atom stereocenters. The van der Waals surface area contributed by atoms with Crippen LogP contribution in [0.3, 0.4) is 0 Å². The molecule has 0 bridgehead atoms. The van der Waals surface area contributed by atoms with E-state index in [0.717, 1.165) is 0 Å². The zero-order chi connectivity index (χ0) is 13.3. The first-order chi connectivity index (χ1) is 8.47. The number of aromatic nitrogens is 2. The number of nitrogens with zero attached hydrogens (tertiary/aromatic N) is 2. The van der Waals surface area contributed by atoms with Gasteiger partial charge in [0.05, 0.1) is 6.33 Å². The first kappa shape index (κ1) is 13.6. The lowest BCUT2D eigenvalue weighted by Gasteiger charge is -2.32. The minimum Gasteiger partial charge on any atom is -0.331 e. The highest BCUT2D eigenvalue weighted by molar-refractivity contribution is 5.11. The maximum atomic E-state index is 5.96. The predicted octanol–water partition coefficient (Wildman–Crippen LogP) is 3.33. The van der Waals surface area contributed by atoms with Gasteiger partial charge in [0.25, 0.3) is 0 Å². The van der Waals surface area contributed by atoms with Crippen LogP contribution in [0.25, 0.3) is 0 Å². The molecule has 1 heterocycles. The predicted molar refractivity (Wildman–Crippen MR) is 75.5 cm³/mol. The van der Waals surface area contributed by atoms with E-state index < -0.39 is 0 Å². The van der Waals surface area contributed by atoms with Crippen LogP contribution in [-0.2, 0) is 0 Å². The number of hydrogen-bond donors (Lipinski definition) is 1. The van der Waals surface area contributed by atoms with Crippen molar-refractivity contribution in [1.29, 1.82) is 0 Å². The molecule has 0 aromatic carbocycles. The molecular weight excluding hydrogens is 222 g/mol. The lowest BCUT2D eigenvalue weighted by molar-refractivity contribution is 0.251. The summed E-state index contributed by atoms with van der Waals surface area (Å²) in [4.78, 5) is 4.39. The molecule has 0 radical (unpaired) electrons. The first-order valence-corrected chi connectivity index (χ1v) is 7.19. The molecule has 2 N–H and O–H groups in total. The van der Waals surface area contributed by atoms with E-state index in [1.165, 1.54) is 25.0 Å². The fourth-order valence-electron chi connectivity index (χ4n) is 3.42. The lowest BCUT2D eigenvalue weighted by atomic mass is 9.86. The van der Waals surface area contributed by atoms with Crippen molar-refractivity contribution in [3.05, 3.63) is 18.2 Å². The largest absolute Gasteiger partial charge is 0.331 e. The van der Waals surface area contributed by atoms with E-state index in [-0.39, 0.29) is 0 Å². The van der Waals surface area contributed by atoms with Crippen LogP contribution in [0, 0.1) is 11.3 Å². The fraction of sp³-hybridized carbons (Fsp3) is 0.800. The smallest absolute Gasteiger partial charge is 0.0951 e. The molecular formula is C15H27N3. The molecule has 1 aromatic rings. The summed E-state index contributed by atoms with van der Waals surface area (Å²) in [6.45, 7) is 9.95. The highest BCUT2D eigenvalue weighted by Crippen LogP contribution is 2.47. The van der Waals surface area contributed by atoms with Gasteiger partial charge >= 0.3 is 0 Å². The highest BCUT2D eigenvalue weighted by atomic mass is 15.1. The molecule has 1 aliphatic carbocycles. The average molecular weight is 249 g/mol. The van der Waals surface area contributed by atoms with Crippen molar-refractivity contribution in [2.75, 3.05) is 6.54 Å². The maximum absolute atomic E-state index is 5.96. The number of hydrogen-bond acceptors (Lipinski definition) is 2. The summed E-state index contributed by atoms with van der Waals surface area (Å²) >= 11 is 0. The van der Waals surface area contributed by atoms with Crippen LogP contribution in [0.15, 0.2) is 12.5 Å². The molecule has 1 aliphatic rings. The van der Waals surface area contributed by atoms with Gasteiger partial charge in [-0.2, -0.15) is 0 Å². The van der Waals surface area contributed by atoms with Crippen molar-refractivity contribution in [1.82, 2.24) is 9.55 Å². The van der Waals surface area contributed by atoms with Gasteiger partial charge < -0.3 is 10.3 Å². The molecule has 102 valence electrons. The zero-order valence-corrected chi connectivity index (χ0v) is 12.2. The van der Waals surface area contributed by atoms with Crippen LogP contribution in [0.2, 0.25) is 0 Å². The van der Waals surface area contributed by atoms with Gasteiger partial charge in [0.2, 0.25) is 0 Å². The normalized spacial score (nSPS) is 24.7. The maximum Gasteiger partial charge on any atom is 0.0951 e. The quantitative estimate of drug-likeness (QED) is 0.889. The number of rotatable bonds is 4. The summed E-state index contributed by atoms with van der Waals surface area (Å²) in [5.41, 5.74) is 7.67. The SMILES string of the molecule is CC(C)C(CN)c1cncn1C1CCCC1(C)C. The minimum absolute atomic E-state index is 0.381.